The van der Waals surface area contributed by atoms with Crippen LogP contribution in [0.1, 0.15) is 44.7 Å². The highest BCUT2D eigenvalue weighted by Gasteiger charge is 2.38. The number of hydrogen-bond donors (Lipinski definition) is 1. The zero-order chi connectivity index (χ0) is 14.2. The summed E-state index contributed by atoms with van der Waals surface area (Å²) in [6.07, 6.45) is 4.94. The first-order chi connectivity index (χ1) is 9.65. The summed E-state index contributed by atoms with van der Waals surface area (Å²) in [6, 6.07) is 10.4. The fraction of sp³-hybridized carbons (Fsp3) is 0.667. The Morgan fingerprint density at radius 2 is 1.85 bits per heavy atom. The molecule has 1 heterocycles. The number of benzene rings is 1. The average Bonchev–Trinajstić information content (AvgIpc) is 2.91. The van der Waals surface area contributed by atoms with E-state index in [1.54, 1.807) is 11.1 Å². The van der Waals surface area contributed by atoms with Crippen molar-refractivity contribution < 1.29 is 0 Å². The molecular weight excluding hydrogens is 244 g/mol. The Kier molecular flexibility index (Phi) is 3.87. The topological polar surface area (TPSA) is 15.3 Å². The Balaban J connectivity index is 1.78. The first-order valence-electron chi connectivity index (χ1n) is 8.22. The van der Waals surface area contributed by atoms with E-state index in [4.69, 9.17) is 0 Å². The molecule has 0 aromatic heterocycles. The molecule has 1 fully saturated rings. The SMILES string of the molecule is CCC1CNC(C)(CC)CN1C1Cc2ccccc2C1. The first-order valence-corrected chi connectivity index (χ1v) is 8.22. The molecule has 2 atom stereocenters. The summed E-state index contributed by atoms with van der Waals surface area (Å²) in [5, 5.41) is 3.78. The second kappa shape index (κ2) is 5.50. The molecule has 0 amide bonds. The molecule has 1 saturated heterocycles. The van der Waals surface area contributed by atoms with Crippen LogP contribution in [0, 0.1) is 0 Å². The maximum Gasteiger partial charge on any atom is 0.0278 e. The summed E-state index contributed by atoms with van der Waals surface area (Å²) in [5.41, 5.74) is 3.44. The lowest BCUT2D eigenvalue weighted by Crippen LogP contribution is -2.64. The van der Waals surface area contributed by atoms with Crippen LogP contribution in [0.15, 0.2) is 24.3 Å². The van der Waals surface area contributed by atoms with Gasteiger partial charge in [-0.1, -0.05) is 38.1 Å². The molecular formula is C18H28N2. The van der Waals surface area contributed by atoms with Crippen LogP contribution in [0.4, 0.5) is 0 Å². The van der Waals surface area contributed by atoms with E-state index in [1.807, 2.05) is 0 Å². The van der Waals surface area contributed by atoms with E-state index in [1.165, 1.54) is 32.2 Å². The number of hydrogen-bond acceptors (Lipinski definition) is 2. The van der Waals surface area contributed by atoms with E-state index in [2.05, 4.69) is 55.3 Å². The van der Waals surface area contributed by atoms with Crippen molar-refractivity contribution in [3.05, 3.63) is 35.4 Å². The van der Waals surface area contributed by atoms with Crippen LogP contribution in [0.3, 0.4) is 0 Å². The van der Waals surface area contributed by atoms with Crippen LogP contribution in [0.5, 0.6) is 0 Å². The van der Waals surface area contributed by atoms with Crippen LogP contribution in [0.25, 0.3) is 0 Å². The molecule has 0 bridgehead atoms. The Morgan fingerprint density at radius 1 is 1.20 bits per heavy atom. The molecule has 0 saturated carbocycles. The number of nitrogens with one attached hydrogen (secondary N) is 1. The zero-order valence-electron chi connectivity index (χ0n) is 13.2. The smallest absolute Gasteiger partial charge is 0.0278 e. The third-order valence-corrected chi connectivity index (χ3v) is 5.52. The molecule has 1 aliphatic carbocycles. The van der Waals surface area contributed by atoms with Crippen LogP contribution in [-0.4, -0.2) is 35.6 Å². The summed E-state index contributed by atoms with van der Waals surface area (Å²) in [4.78, 5) is 2.81. The number of rotatable bonds is 3. The third-order valence-electron chi connectivity index (χ3n) is 5.52. The summed E-state index contributed by atoms with van der Waals surface area (Å²) < 4.78 is 0. The van der Waals surface area contributed by atoms with Gasteiger partial charge in [0, 0.05) is 30.7 Å². The Hall–Kier alpha value is -0.860. The monoisotopic (exact) mass is 272 g/mol. The summed E-state index contributed by atoms with van der Waals surface area (Å²) >= 11 is 0. The van der Waals surface area contributed by atoms with Gasteiger partial charge in [0.2, 0.25) is 0 Å². The van der Waals surface area contributed by atoms with E-state index in [0.717, 1.165) is 6.54 Å². The van der Waals surface area contributed by atoms with E-state index in [9.17, 15) is 0 Å². The van der Waals surface area contributed by atoms with Gasteiger partial charge in [-0.2, -0.15) is 0 Å². The lowest BCUT2D eigenvalue weighted by molar-refractivity contribution is 0.0470. The van der Waals surface area contributed by atoms with Gasteiger partial charge in [0.1, 0.15) is 0 Å². The van der Waals surface area contributed by atoms with Crippen molar-refractivity contribution >= 4 is 0 Å². The van der Waals surface area contributed by atoms with E-state index in [-0.39, 0.29) is 0 Å². The van der Waals surface area contributed by atoms with Crippen LogP contribution in [0.2, 0.25) is 0 Å². The summed E-state index contributed by atoms with van der Waals surface area (Å²) in [6.45, 7) is 9.36. The highest BCUT2D eigenvalue weighted by atomic mass is 15.3. The van der Waals surface area contributed by atoms with Gasteiger partial charge in [-0.15, -0.1) is 0 Å². The van der Waals surface area contributed by atoms with E-state index < -0.39 is 0 Å². The van der Waals surface area contributed by atoms with Crippen molar-refractivity contribution in [3.63, 3.8) is 0 Å². The summed E-state index contributed by atoms with van der Waals surface area (Å²) in [5.74, 6) is 0. The highest BCUT2D eigenvalue weighted by molar-refractivity contribution is 5.33. The number of nitrogens with zero attached hydrogens (tertiary/aromatic N) is 1. The van der Waals surface area contributed by atoms with Gasteiger partial charge in [-0.25, -0.2) is 0 Å². The van der Waals surface area contributed by atoms with Gasteiger partial charge in [0.25, 0.3) is 0 Å². The van der Waals surface area contributed by atoms with E-state index in [0.29, 0.717) is 17.6 Å². The molecule has 3 rings (SSSR count). The van der Waals surface area contributed by atoms with Crippen molar-refractivity contribution in [2.75, 3.05) is 13.1 Å². The molecule has 20 heavy (non-hydrogen) atoms. The van der Waals surface area contributed by atoms with Crippen LogP contribution in [-0.2, 0) is 12.8 Å². The zero-order valence-corrected chi connectivity index (χ0v) is 13.2. The fourth-order valence-electron chi connectivity index (χ4n) is 3.88. The molecule has 2 aliphatic rings. The number of fused-ring (bicyclic) bond motifs is 1. The molecule has 2 unspecified atom stereocenters. The van der Waals surface area contributed by atoms with Crippen molar-refractivity contribution in [2.24, 2.45) is 0 Å². The van der Waals surface area contributed by atoms with E-state index >= 15 is 0 Å². The van der Waals surface area contributed by atoms with Gasteiger partial charge < -0.3 is 5.32 Å². The van der Waals surface area contributed by atoms with Gasteiger partial charge in [0.05, 0.1) is 0 Å². The maximum atomic E-state index is 3.78. The number of piperazine rings is 1. The second-order valence-electron chi connectivity index (χ2n) is 6.86. The van der Waals surface area contributed by atoms with Crippen molar-refractivity contribution in [2.45, 2.75) is 64.1 Å². The lowest BCUT2D eigenvalue weighted by Gasteiger charge is -2.48. The fourth-order valence-corrected chi connectivity index (χ4v) is 3.88. The molecule has 1 N–H and O–H groups in total. The molecule has 0 spiro atoms. The van der Waals surface area contributed by atoms with Gasteiger partial charge in [-0.3, -0.25) is 4.90 Å². The second-order valence-corrected chi connectivity index (χ2v) is 6.86. The molecule has 1 aliphatic heterocycles. The predicted molar refractivity (Wildman–Crippen MR) is 85.1 cm³/mol. The van der Waals surface area contributed by atoms with Crippen molar-refractivity contribution in [1.29, 1.82) is 0 Å². The highest BCUT2D eigenvalue weighted by Crippen LogP contribution is 2.30. The predicted octanol–water partition coefficient (Wildman–Crippen LogP) is 3.01. The Labute approximate surface area is 123 Å². The molecule has 1 aromatic rings. The van der Waals surface area contributed by atoms with Crippen molar-refractivity contribution in [3.8, 4) is 0 Å². The largest absolute Gasteiger partial charge is 0.309 e. The quantitative estimate of drug-likeness (QED) is 0.910. The standard InChI is InChI=1S/C18H28N2/c1-4-16-12-19-18(3,5-2)13-20(16)17-10-14-8-6-7-9-15(14)11-17/h6-9,16-17,19H,4-5,10-13H2,1-3H3. The van der Waals surface area contributed by atoms with Crippen molar-refractivity contribution in [1.82, 2.24) is 10.2 Å². The summed E-state index contributed by atoms with van der Waals surface area (Å²) in [7, 11) is 0. The minimum absolute atomic E-state index is 0.292. The van der Waals surface area contributed by atoms with Gasteiger partial charge >= 0.3 is 0 Å². The van der Waals surface area contributed by atoms with Gasteiger partial charge in [-0.05, 0) is 43.7 Å². The molecule has 1 aromatic carbocycles. The molecule has 0 radical (unpaired) electrons. The Morgan fingerprint density at radius 3 is 2.40 bits per heavy atom. The molecule has 110 valence electrons. The molecule has 2 heteroatoms. The third kappa shape index (κ3) is 2.51. The lowest BCUT2D eigenvalue weighted by atomic mass is 9.91. The minimum atomic E-state index is 0.292. The van der Waals surface area contributed by atoms with Crippen LogP contribution >= 0.6 is 0 Å². The Bertz CT molecular complexity index is 445. The van der Waals surface area contributed by atoms with Gasteiger partial charge in [0.15, 0.2) is 0 Å². The maximum absolute atomic E-state index is 3.78. The first kappa shape index (κ1) is 14.1. The van der Waals surface area contributed by atoms with Crippen LogP contribution < -0.4 is 5.32 Å². The average molecular weight is 272 g/mol. The normalized spacial score (nSPS) is 31.4. The minimum Gasteiger partial charge on any atom is -0.309 e. The molecule has 2 nitrogen and oxygen atoms in total.